The Morgan fingerprint density at radius 1 is 1.15 bits per heavy atom. The maximum atomic E-state index is 10.6. The minimum atomic E-state index is 0.220. The Labute approximate surface area is 162 Å². The molecule has 2 aromatic carbocycles. The van der Waals surface area contributed by atoms with Gasteiger partial charge in [0.1, 0.15) is 0 Å². The van der Waals surface area contributed by atoms with E-state index in [1.54, 1.807) is 4.57 Å². The van der Waals surface area contributed by atoms with E-state index in [1.807, 2.05) is 56.4 Å². The van der Waals surface area contributed by atoms with Crippen molar-refractivity contribution >= 4 is 40.1 Å². The van der Waals surface area contributed by atoms with Crippen LogP contribution in [0, 0.1) is 0 Å². The van der Waals surface area contributed by atoms with Crippen LogP contribution in [-0.4, -0.2) is 15.4 Å². The predicted octanol–water partition coefficient (Wildman–Crippen LogP) is 5.23. The number of fused-ring (bicyclic) bond motifs is 1. The van der Waals surface area contributed by atoms with E-state index in [-0.39, 0.29) is 5.88 Å². The third-order valence-electron chi connectivity index (χ3n) is 4.76. The lowest BCUT2D eigenvalue weighted by Gasteiger charge is -2.01. The second kappa shape index (κ2) is 7.00. The van der Waals surface area contributed by atoms with Gasteiger partial charge in [-0.3, -0.25) is 9.56 Å². The summed E-state index contributed by atoms with van der Waals surface area (Å²) in [5.41, 5.74) is 6.21. The molecule has 0 spiro atoms. The molecule has 0 unspecified atom stereocenters. The Morgan fingerprint density at radius 2 is 1.89 bits per heavy atom. The first-order valence-electron chi connectivity index (χ1n) is 8.96. The monoisotopic (exact) mass is 375 g/mol. The van der Waals surface area contributed by atoms with Gasteiger partial charge in [0.25, 0.3) is 0 Å². The normalized spacial score (nSPS) is 15.3. The van der Waals surface area contributed by atoms with Crippen LogP contribution in [0.1, 0.15) is 29.9 Å². The third-order valence-corrected chi connectivity index (χ3v) is 5.83. The highest BCUT2D eigenvalue weighted by molar-refractivity contribution is 7.10. The van der Waals surface area contributed by atoms with Crippen LogP contribution in [0.5, 0.6) is 5.88 Å². The van der Waals surface area contributed by atoms with Crippen LogP contribution in [0.3, 0.4) is 0 Å². The zero-order chi connectivity index (χ0) is 19.0. The molecule has 0 aliphatic carbocycles. The van der Waals surface area contributed by atoms with Crippen LogP contribution in [0.25, 0.3) is 11.6 Å². The number of para-hydroxylation sites is 2. The minimum Gasteiger partial charge on any atom is -0.493 e. The SMILES string of the molecule is CCc1ccccc1N=c1sc(/C=C2\C(C)=Nc3ccccc32)c(O)n1C. The quantitative estimate of drug-likeness (QED) is 0.669. The molecule has 0 radical (unpaired) electrons. The van der Waals surface area contributed by atoms with Crippen molar-refractivity contribution in [3.05, 3.63) is 69.3 Å². The van der Waals surface area contributed by atoms with Gasteiger partial charge in [-0.15, -0.1) is 0 Å². The molecule has 1 N–H and O–H groups in total. The van der Waals surface area contributed by atoms with Crippen LogP contribution in [0.2, 0.25) is 0 Å². The topological polar surface area (TPSA) is 49.9 Å². The average molecular weight is 375 g/mol. The van der Waals surface area contributed by atoms with Crippen LogP contribution < -0.4 is 4.80 Å². The average Bonchev–Trinajstić information content (AvgIpc) is 3.14. The molecule has 0 atom stereocenters. The summed E-state index contributed by atoms with van der Waals surface area (Å²) in [6.45, 7) is 4.12. The number of aromatic hydroxyl groups is 1. The van der Waals surface area contributed by atoms with Crippen molar-refractivity contribution in [3.8, 4) is 5.88 Å². The van der Waals surface area contributed by atoms with Crippen LogP contribution in [-0.2, 0) is 13.5 Å². The van der Waals surface area contributed by atoms with E-state index in [9.17, 15) is 5.11 Å². The van der Waals surface area contributed by atoms with E-state index >= 15 is 0 Å². The predicted molar refractivity (Wildman–Crippen MR) is 113 cm³/mol. The molecule has 0 saturated heterocycles. The minimum absolute atomic E-state index is 0.220. The van der Waals surface area contributed by atoms with Crippen LogP contribution in [0.4, 0.5) is 11.4 Å². The molecule has 1 aliphatic heterocycles. The van der Waals surface area contributed by atoms with Gasteiger partial charge in [0, 0.05) is 23.9 Å². The molecule has 3 aromatic rings. The fourth-order valence-corrected chi connectivity index (χ4v) is 4.20. The van der Waals surface area contributed by atoms with Gasteiger partial charge in [-0.05, 0) is 37.1 Å². The molecule has 0 fully saturated rings. The summed E-state index contributed by atoms with van der Waals surface area (Å²) in [6, 6.07) is 16.2. The number of rotatable bonds is 3. The standard InChI is InChI=1S/C22H21N3OS/c1-4-15-9-5-7-11-18(15)24-22-25(3)21(26)20(27-22)13-17-14(2)23-19-12-8-6-10-16(17)19/h5-13,26H,4H2,1-3H3/b17-13+,24-22?. The molecular weight excluding hydrogens is 354 g/mol. The van der Waals surface area contributed by atoms with Crippen LogP contribution >= 0.6 is 11.3 Å². The van der Waals surface area contributed by atoms with Gasteiger partial charge >= 0.3 is 0 Å². The Bertz CT molecular complexity index is 1150. The van der Waals surface area contributed by atoms with E-state index in [1.165, 1.54) is 16.9 Å². The van der Waals surface area contributed by atoms with Crippen molar-refractivity contribution in [1.29, 1.82) is 0 Å². The number of aliphatic imine (C=N–C) groups is 1. The number of thiazole rings is 1. The zero-order valence-electron chi connectivity index (χ0n) is 15.6. The molecule has 0 amide bonds. The summed E-state index contributed by atoms with van der Waals surface area (Å²) in [5.74, 6) is 0.220. The summed E-state index contributed by atoms with van der Waals surface area (Å²) < 4.78 is 1.73. The second-order valence-electron chi connectivity index (χ2n) is 6.50. The molecule has 4 nitrogen and oxygen atoms in total. The zero-order valence-corrected chi connectivity index (χ0v) is 16.4. The van der Waals surface area contributed by atoms with Crippen LogP contribution in [0.15, 0.2) is 58.5 Å². The van der Waals surface area contributed by atoms with Crippen molar-refractivity contribution in [2.45, 2.75) is 20.3 Å². The Balaban J connectivity index is 1.83. The van der Waals surface area contributed by atoms with Crippen molar-refractivity contribution < 1.29 is 5.11 Å². The molecule has 0 bridgehead atoms. The van der Waals surface area contributed by atoms with Crippen molar-refractivity contribution in [3.63, 3.8) is 0 Å². The molecule has 1 aliphatic rings. The number of allylic oxidation sites excluding steroid dienone is 1. The fraction of sp³-hybridized carbons (Fsp3) is 0.182. The third kappa shape index (κ3) is 3.15. The first kappa shape index (κ1) is 17.5. The summed E-state index contributed by atoms with van der Waals surface area (Å²) in [7, 11) is 1.84. The highest BCUT2D eigenvalue weighted by atomic mass is 32.1. The van der Waals surface area contributed by atoms with Gasteiger partial charge in [-0.2, -0.15) is 0 Å². The Hall–Kier alpha value is -2.92. The van der Waals surface area contributed by atoms with Gasteiger partial charge in [-0.25, -0.2) is 4.99 Å². The van der Waals surface area contributed by atoms with E-state index in [2.05, 4.69) is 24.0 Å². The fourth-order valence-electron chi connectivity index (χ4n) is 3.23. The lowest BCUT2D eigenvalue weighted by atomic mass is 10.0. The number of nitrogens with zero attached hydrogens (tertiary/aromatic N) is 3. The van der Waals surface area contributed by atoms with Gasteiger partial charge in [-0.1, -0.05) is 54.7 Å². The highest BCUT2D eigenvalue weighted by Gasteiger charge is 2.18. The van der Waals surface area contributed by atoms with Crippen molar-refractivity contribution in [2.24, 2.45) is 17.0 Å². The number of aryl methyl sites for hydroxylation is 1. The molecule has 4 rings (SSSR count). The van der Waals surface area contributed by atoms with E-state index in [4.69, 9.17) is 4.99 Å². The summed E-state index contributed by atoms with van der Waals surface area (Å²) >= 11 is 1.48. The molecular formula is C22H21N3OS. The highest BCUT2D eigenvalue weighted by Crippen LogP contribution is 2.37. The van der Waals surface area contributed by atoms with Gasteiger partial charge < -0.3 is 5.11 Å². The Kier molecular flexibility index (Phi) is 4.54. The van der Waals surface area contributed by atoms with E-state index < -0.39 is 0 Å². The number of hydrogen-bond acceptors (Lipinski definition) is 4. The molecule has 0 saturated carbocycles. The first-order chi connectivity index (χ1) is 13.1. The van der Waals surface area contributed by atoms with E-state index in [0.29, 0.717) is 0 Å². The molecule has 136 valence electrons. The molecule has 2 heterocycles. The number of aromatic nitrogens is 1. The number of benzene rings is 2. The second-order valence-corrected chi connectivity index (χ2v) is 7.51. The van der Waals surface area contributed by atoms with Gasteiger partial charge in [0.05, 0.1) is 16.3 Å². The van der Waals surface area contributed by atoms with Crippen molar-refractivity contribution in [1.82, 2.24) is 4.57 Å². The molecule has 27 heavy (non-hydrogen) atoms. The molecule has 1 aromatic heterocycles. The van der Waals surface area contributed by atoms with Crippen molar-refractivity contribution in [2.75, 3.05) is 0 Å². The maximum Gasteiger partial charge on any atom is 0.210 e. The summed E-state index contributed by atoms with van der Waals surface area (Å²) in [5, 5.41) is 10.6. The van der Waals surface area contributed by atoms with Gasteiger partial charge in [0.15, 0.2) is 4.80 Å². The summed E-state index contributed by atoms with van der Waals surface area (Å²) in [6.07, 6.45) is 2.93. The lowest BCUT2D eigenvalue weighted by Crippen LogP contribution is -2.09. The Morgan fingerprint density at radius 3 is 2.70 bits per heavy atom. The number of hydrogen-bond donors (Lipinski definition) is 1. The smallest absolute Gasteiger partial charge is 0.210 e. The largest absolute Gasteiger partial charge is 0.493 e. The molecule has 5 heteroatoms. The van der Waals surface area contributed by atoms with Gasteiger partial charge in [0.2, 0.25) is 5.88 Å². The first-order valence-corrected chi connectivity index (χ1v) is 9.78. The summed E-state index contributed by atoms with van der Waals surface area (Å²) in [4.78, 5) is 11.0. The van der Waals surface area contributed by atoms with E-state index in [0.717, 1.165) is 44.3 Å². The maximum absolute atomic E-state index is 10.6. The lowest BCUT2D eigenvalue weighted by molar-refractivity contribution is 0.427.